The second kappa shape index (κ2) is 8.29. The summed E-state index contributed by atoms with van der Waals surface area (Å²) >= 11 is 0. The van der Waals surface area contributed by atoms with Crippen LogP contribution in [0.25, 0.3) is 0 Å². The van der Waals surface area contributed by atoms with Gasteiger partial charge in [0.2, 0.25) is 11.8 Å². The fraction of sp³-hybridized carbons (Fsp3) is 0.579. The van der Waals surface area contributed by atoms with Crippen LogP contribution >= 0.6 is 0 Å². The number of nitrogens with zero attached hydrogens (tertiary/aromatic N) is 1. The van der Waals surface area contributed by atoms with E-state index in [1.54, 1.807) is 4.90 Å². The Bertz CT molecular complexity index is 555. The molecule has 2 N–H and O–H groups in total. The highest BCUT2D eigenvalue weighted by Gasteiger charge is 2.32. The first kappa shape index (κ1) is 17.0. The fourth-order valence-corrected chi connectivity index (χ4v) is 3.65. The van der Waals surface area contributed by atoms with Crippen molar-refractivity contribution >= 4 is 11.8 Å². The van der Waals surface area contributed by atoms with E-state index >= 15 is 0 Å². The predicted molar refractivity (Wildman–Crippen MR) is 93.4 cm³/mol. The van der Waals surface area contributed by atoms with Gasteiger partial charge >= 0.3 is 0 Å². The maximum atomic E-state index is 12.9. The molecule has 2 saturated heterocycles. The van der Waals surface area contributed by atoms with Gasteiger partial charge in [0.15, 0.2) is 0 Å². The van der Waals surface area contributed by atoms with Gasteiger partial charge < -0.3 is 15.5 Å². The highest BCUT2D eigenvalue weighted by atomic mass is 16.2. The van der Waals surface area contributed by atoms with Gasteiger partial charge in [-0.1, -0.05) is 30.3 Å². The van der Waals surface area contributed by atoms with E-state index in [9.17, 15) is 9.59 Å². The number of rotatable bonds is 5. The van der Waals surface area contributed by atoms with Crippen molar-refractivity contribution in [3.8, 4) is 0 Å². The first-order valence-electron chi connectivity index (χ1n) is 9.08. The van der Waals surface area contributed by atoms with Gasteiger partial charge in [0.1, 0.15) is 6.04 Å². The molecule has 2 aliphatic rings. The van der Waals surface area contributed by atoms with Crippen LogP contribution in [0, 0.1) is 5.92 Å². The van der Waals surface area contributed by atoms with Crippen molar-refractivity contribution in [2.24, 2.45) is 5.92 Å². The molecule has 2 heterocycles. The summed E-state index contributed by atoms with van der Waals surface area (Å²) in [7, 11) is 0. The summed E-state index contributed by atoms with van der Waals surface area (Å²) in [5.41, 5.74) is 0.895. The van der Waals surface area contributed by atoms with E-state index in [0.29, 0.717) is 25.4 Å². The van der Waals surface area contributed by atoms with Crippen LogP contribution in [0.3, 0.4) is 0 Å². The Balaban J connectivity index is 1.71. The molecule has 0 saturated carbocycles. The van der Waals surface area contributed by atoms with Crippen LogP contribution in [0.1, 0.15) is 43.7 Å². The SMILES string of the molecule is O=C(NCC1CCCNC1)C(c1ccccc1)N1CCCCC1=O. The summed E-state index contributed by atoms with van der Waals surface area (Å²) in [6.45, 7) is 3.37. The molecule has 24 heavy (non-hydrogen) atoms. The molecule has 2 atom stereocenters. The topological polar surface area (TPSA) is 61.4 Å². The molecule has 0 spiro atoms. The summed E-state index contributed by atoms with van der Waals surface area (Å²) < 4.78 is 0. The lowest BCUT2D eigenvalue weighted by Crippen LogP contribution is -2.47. The number of carbonyl (C=O) groups is 2. The van der Waals surface area contributed by atoms with E-state index in [0.717, 1.165) is 44.3 Å². The maximum absolute atomic E-state index is 12.9. The molecule has 130 valence electrons. The minimum absolute atomic E-state index is 0.0537. The normalized spacial score (nSPS) is 22.9. The van der Waals surface area contributed by atoms with Crippen LogP contribution in [0.15, 0.2) is 30.3 Å². The third kappa shape index (κ3) is 4.15. The van der Waals surface area contributed by atoms with Crippen LogP contribution < -0.4 is 10.6 Å². The summed E-state index contributed by atoms with van der Waals surface area (Å²) in [5.74, 6) is 0.516. The second-order valence-corrected chi connectivity index (χ2v) is 6.81. The summed E-state index contributed by atoms with van der Waals surface area (Å²) in [4.78, 5) is 27.0. The van der Waals surface area contributed by atoms with Gasteiger partial charge in [-0.05, 0) is 50.3 Å². The zero-order chi connectivity index (χ0) is 16.8. The second-order valence-electron chi connectivity index (χ2n) is 6.81. The summed E-state index contributed by atoms with van der Waals surface area (Å²) in [5, 5.41) is 6.47. The maximum Gasteiger partial charge on any atom is 0.247 e. The standard InChI is InChI=1S/C19H27N3O2/c23-17-10-4-5-12-22(17)18(16-8-2-1-3-9-16)19(24)21-14-15-7-6-11-20-13-15/h1-3,8-9,15,18,20H,4-7,10-14H2,(H,21,24). The van der Waals surface area contributed by atoms with Gasteiger partial charge in [0.05, 0.1) is 0 Å². The number of benzene rings is 1. The van der Waals surface area contributed by atoms with E-state index in [1.165, 1.54) is 0 Å². The molecule has 0 aliphatic carbocycles. The van der Waals surface area contributed by atoms with Gasteiger partial charge in [0, 0.05) is 19.5 Å². The quantitative estimate of drug-likeness (QED) is 0.867. The van der Waals surface area contributed by atoms with E-state index in [4.69, 9.17) is 0 Å². The minimum atomic E-state index is -0.504. The van der Waals surface area contributed by atoms with Crippen LogP contribution in [-0.4, -0.2) is 42.9 Å². The van der Waals surface area contributed by atoms with Gasteiger partial charge in [-0.2, -0.15) is 0 Å². The number of nitrogens with one attached hydrogen (secondary N) is 2. The molecule has 2 fully saturated rings. The van der Waals surface area contributed by atoms with Crippen LogP contribution in [0.2, 0.25) is 0 Å². The Kier molecular flexibility index (Phi) is 5.86. The molecule has 2 amide bonds. The van der Waals surface area contributed by atoms with Crippen molar-refractivity contribution < 1.29 is 9.59 Å². The Morgan fingerprint density at radius 1 is 1.25 bits per heavy atom. The molecule has 5 nitrogen and oxygen atoms in total. The Morgan fingerprint density at radius 2 is 2.08 bits per heavy atom. The number of likely N-dealkylation sites (tertiary alicyclic amines) is 1. The number of hydrogen-bond donors (Lipinski definition) is 2. The molecule has 2 aliphatic heterocycles. The predicted octanol–water partition coefficient (Wildman–Crippen LogP) is 1.86. The molecule has 0 aromatic heterocycles. The largest absolute Gasteiger partial charge is 0.354 e. The number of carbonyl (C=O) groups excluding carboxylic acids is 2. The Labute approximate surface area is 143 Å². The number of piperidine rings is 2. The fourth-order valence-electron chi connectivity index (χ4n) is 3.65. The van der Waals surface area contributed by atoms with Gasteiger partial charge in [-0.25, -0.2) is 0 Å². The lowest BCUT2D eigenvalue weighted by molar-refractivity contribution is -0.142. The molecular formula is C19H27N3O2. The van der Waals surface area contributed by atoms with Gasteiger partial charge in [-0.3, -0.25) is 9.59 Å². The van der Waals surface area contributed by atoms with Gasteiger partial charge in [-0.15, -0.1) is 0 Å². The lowest BCUT2D eigenvalue weighted by Gasteiger charge is -2.34. The number of hydrogen-bond acceptors (Lipinski definition) is 3. The average Bonchev–Trinajstić information content (AvgIpc) is 2.64. The van der Waals surface area contributed by atoms with Crippen molar-refractivity contribution in [3.63, 3.8) is 0 Å². The van der Waals surface area contributed by atoms with Crippen LogP contribution in [0.5, 0.6) is 0 Å². The highest BCUT2D eigenvalue weighted by Crippen LogP contribution is 2.26. The zero-order valence-corrected chi connectivity index (χ0v) is 14.2. The third-order valence-corrected chi connectivity index (χ3v) is 5.00. The number of amides is 2. The van der Waals surface area contributed by atoms with E-state index in [-0.39, 0.29) is 11.8 Å². The summed E-state index contributed by atoms with van der Waals surface area (Å²) in [6.07, 6.45) is 4.74. The molecule has 3 rings (SSSR count). The first-order chi connectivity index (χ1) is 11.8. The van der Waals surface area contributed by atoms with Crippen molar-refractivity contribution in [2.45, 2.75) is 38.1 Å². The van der Waals surface area contributed by atoms with Crippen molar-refractivity contribution in [3.05, 3.63) is 35.9 Å². The smallest absolute Gasteiger partial charge is 0.247 e. The Morgan fingerprint density at radius 3 is 2.79 bits per heavy atom. The lowest BCUT2D eigenvalue weighted by atomic mass is 9.98. The minimum Gasteiger partial charge on any atom is -0.354 e. The van der Waals surface area contributed by atoms with Crippen LogP contribution in [0.4, 0.5) is 0 Å². The highest BCUT2D eigenvalue weighted by molar-refractivity contribution is 5.89. The molecule has 1 aromatic carbocycles. The van der Waals surface area contributed by atoms with E-state index in [2.05, 4.69) is 10.6 Å². The third-order valence-electron chi connectivity index (χ3n) is 5.00. The van der Waals surface area contributed by atoms with Crippen molar-refractivity contribution in [1.82, 2.24) is 15.5 Å². The molecule has 0 bridgehead atoms. The van der Waals surface area contributed by atoms with Crippen LogP contribution in [-0.2, 0) is 9.59 Å². The molecular weight excluding hydrogens is 302 g/mol. The Hall–Kier alpha value is -1.88. The molecule has 2 unspecified atom stereocenters. The summed E-state index contributed by atoms with van der Waals surface area (Å²) in [6, 6.07) is 9.16. The molecule has 0 radical (unpaired) electrons. The van der Waals surface area contributed by atoms with Crippen molar-refractivity contribution in [2.75, 3.05) is 26.2 Å². The van der Waals surface area contributed by atoms with Gasteiger partial charge in [0.25, 0.3) is 0 Å². The average molecular weight is 329 g/mol. The van der Waals surface area contributed by atoms with Crippen molar-refractivity contribution in [1.29, 1.82) is 0 Å². The monoisotopic (exact) mass is 329 g/mol. The molecule has 5 heteroatoms. The van der Waals surface area contributed by atoms with E-state index in [1.807, 2.05) is 30.3 Å². The first-order valence-corrected chi connectivity index (χ1v) is 9.08. The van der Waals surface area contributed by atoms with E-state index < -0.39 is 6.04 Å². The zero-order valence-electron chi connectivity index (χ0n) is 14.2. The molecule has 1 aromatic rings.